The second-order valence-electron chi connectivity index (χ2n) is 14.7. The molecule has 0 saturated heterocycles. The van der Waals surface area contributed by atoms with Gasteiger partial charge < -0.3 is 9.96 Å². The summed E-state index contributed by atoms with van der Waals surface area (Å²) in [5.41, 5.74) is 3.26. The van der Waals surface area contributed by atoms with Gasteiger partial charge in [-0.05, 0) is 38.7 Å². The number of hydrogen-bond acceptors (Lipinski definition) is 1. The summed E-state index contributed by atoms with van der Waals surface area (Å²) in [4.78, 5) is 0. The number of rotatable bonds is 30. The highest BCUT2D eigenvalue weighted by molar-refractivity contribution is 5.31. The van der Waals surface area contributed by atoms with Crippen LogP contribution in [0, 0.1) is 6.92 Å². The van der Waals surface area contributed by atoms with Crippen molar-refractivity contribution in [3.8, 4) is 0 Å². The van der Waals surface area contributed by atoms with Crippen LogP contribution in [0.25, 0.3) is 0 Å². The third-order valence-corrected chi connectivity index (χ3v) is 10.6. The van der Waals surface area contributed by atoms with E-state index in [2.05, 4.69) is 66.1 Å². The lowest BCUT2D eigenvalue weighted by atomic mass is 9.80. The first-order chi connectivity index (χ1) is 20.4. The van der Waals surface area contributed by atoms with Crippen molar-refractivity contribution in [3.05, 3.63) is 35.4 Å². The first kappa shape index (κ1) is 42.1. The summed E-state index contributed by atoms with van der Waals surface area (Å²) in [5.74, 6) is 0. The Morgan fingerprint density at radius 1 is 0.488 bits per heavy atom. The highest BCUT2D eigenvalue weighted by Crippen LogP contribution is 2.39. The third kappa shape index (κ3) is 19.3. The first-order valence-corrected chi connectivity index (χ1v) is 19.3. The van der Waals surface area contributed by atoms with Gasteiger partial charge in [0.15, 0.2) is 0 Å². The summed E-state index contributed by atoms with van der Waals surface area (Å²) in [6, 6.07) is 9.26. The zero-order valence-corrected chi connectivity index (χ0v) is 30.5. The van der Waals surface area contributed by atoms with Gasteiger partial charge in [-0.3, -0.25) is 0 Å². The maximum Gasteiger partial charge on any atom is 0.122 e. The van der Waals surface area contributed by atoms with Crippen molar-refractivity contribution in [1.29, 1.82) is 0 Å². The van der Waals surface area contributed by atoms with Gasteiger partial charge in [-0.1, -0.05) is 186 Å². The first-order valence-electron chi connectivity index (χ1n) is 19.3. The average Bonchev–Trinajstić information content (AvgIpc) is 2.98. The van der Waals surface area contributed by atoms with Gasteiger partial charge in [-0.25, -0.2) is 0 Å². The number of nitrogens with zero attached hydrogens (tertiary/aromatic N) is 1. The molecule has 0 aromatic heterocycles. The van der Waals surface area contributed by atoms with Crippen LogP contribution in [0.2, 0.25) is 0 Å². The Bertz CT molecular complexity index is 728. The second-order valence-corrected chi connectivity index (χ2v) is 14.7. The lowest BCUT2D eigenvalue weighted by Crippen LogP contribution is -2.56. The van der Waals surface area contributed by atoms with Gasteiger partial charge in [-0.2, -0.15) is 0 Å². The third-order valence-electron chi connectivity index (χ3n) is 10.6. The number of benzene rings is 1. The largest absolute Gasteiger partial charge is 0.870 e. The monoisotopic (exact) mass is 602 g/mol. The minimum absolute atomic E-state index is 0. The Labute approximate surface area is 272 Å². The molecule has 0 aliphatic carbocycles. The quantitative estimate of drug-likeness (QED) is 0.0637. The smallest absolute Gasteiger partial charge is 0.122 e. The van der Waals surface area contributed by atoms with Crippen LogP contribution in [-0.2, 0) is 5.54 Å². The normalized spacial score (nSPS) is 13.2. The number of unbranched alkanes of at least 4 members (excludes halogenated alkanes) is 24. The highest BCUT2D eigenvalue weighted by Gasteiger charge is 2.42. The van der Waals surface area contributed by atoms with Crippen molar-refractivity contribution in [2.75, 3.05) is 20.6 Å². The van der Waals surface area contributed by atoms with Gasteiger partial charge in [0.2, 0.25) is 0 Å². The van der Waals surface area contributed by atoms with Crippen LogP contribution in [0.1, 0.15) is 205 Å². The zero-order valence-electron chi connectivity index (χ0n) is 30.5. The van der Waals surface area contributed by atoms with Crippen LogP contribution in [0.3, 0.4) is 0 Å². The van der Waals surface area contributed by atoms with E-state index in [1.807, 2.05) is 0 Å². The van der Waals surface area contributed by atoms with Crippen molar-refractivity contribution in [3.63, 3.8) is 0 Å². The molecule has 1 aromatic rings. The molecule has 2 nitrogen and oxygen atoms in total. The van der Waals surface area contributed by atoms with Crippen LogP contribution in [0.4, 0.5) is 0 Å². The number of quaternary nitrogens is 1. The van der Waals surface area contributed by atoms with Crippen molar-refractivity contribution in [2.45, 2.75) is 207 Å². The number of hydrogen-bond donors (Lipinski definition) is 0. The van der Waals surface area contributed by atoms with Crippen molar-refractivity contribution >= 4 is 0 Å². The summed E-state index contributed by atoms with van der Waals surface area (Å²) < 4.78 is 1.12. The zero-order chi connectivity index (χ0) is 30.8. The van der Waals surface area contributed by atoms with E-state index < -0.39 is 0 Å². The molecule has 1 N–H and O–H groups in total. The fraction of sp³-hybridized carbons (Fsp3) is 0.854. The van der Waals surface area contributed by atoms with Gasteiger partial charge in [0, 0.05) is 12.0 Å². The second kappa shape index (κ2) is 27.5. The molecule has 0 radical (unpaired) electrons. The van der Waals surface area contributed by atoms with E-state index in [0.29, 0.717) is 0 Å². The molecule has 1 unspecified atom stereocenters. The molecule has 0 aliphatic heterocycles. The van der Waals surface area contributed by atoms with Crippen LogP contribution in [-0.4, -0.2) is 30.6 Å². The maximum absolute atomic E-state index is 2.58. The SMILES string of the molecule is CCCCCCCCCCCCCCCC[N+](C)(C)C(C)(CCCCCCCCCCCCCC)c1ccccc1C.[OH-]. The topological polar surface area (TPSA) is 30.0 Å². The predicted octanol–water partition coefficient (Wildman–Crippen LogP) is 13.7. The summed E-state index contributed by atoms with van der Waals surface area (Å²) >= 11 is 0. The molecule has 0 saturated carbocycles. The maximum atomic E-state index is 2.58. The fourth-order valence-corrected chi connectivity index (χ4v) is 7.20. The van der Waals surface area contributed by atoms with E-state index in [-0.39, 0.29) is 11.0 Å². The van der Waals surface area contributed by atoms with E-state index in [0.717, 1.165) is 4.48 Å². The summed E-state index contributed by atoms with van der Waals surface area (Å²) in [7, 11) is 5.05. The van der Waals surface area contributed by atoms with Gasteiger partial charge >= 0.3 is 0 Å². The Morgan fingerprint density at radius 2 is 0.814 bits per heavy atom. The fourth-order valence-electron chi connectivity index (χ4n) is 7.20. The molecule has 1 atom stereocenters. The molecule has 0 bridgehead atoms. The van der Waals surface area contributed by atoms with Crippen LogP contribution in [0.15, 0.2) is 24.3 Å². The summed E-state index contributed by atoms with van der Waals surface area (Å²) in [6.45, 7) is 10.8. The molecule has 0 fully saturated rings. The molecule has 0 aliphatic rings. The molecule has 0 spiro atoms. The minimum Gasteiger partial charge on any atom is -0.870 e. The minimum atomic E-state index is 0. The van der Waals surface area contributed by atoms with E-state index in [1.165, 1.54) is 185 Å². The van der Waals surface area contributed by atoms with E-state index >= 15 is 0 Å². The summed E-state index contributed by atoms with van der Waals surface area (Å²) in [6.07, 6.45) is 38.6. The molecule has 43 heavy (non-hydrogen) atoms. The van der Waals surface area contributed by atoms with Crippen molar-refractivity contribution < 1.29 is 9.96 Å². The van der Waals surface area contributed by atoms with E-state index in [4.69, 9.17) is 0 Å². The van der Waals surface area contributed by atoms with Gasteiger partial charge in [0.1, 0.15) is 5.54 Å². The molecule has 1 aromatic carbocycles. The van der Waals surface area contributed by atoms with Crippen LogP contribution in [0.5, 0.6) is 0 Å². The van der Waals surface area contributed by atoms with Gasteiger partial charge in [0.05, 0.1) is 20.6 Å². The molecular formula is C41H79NO. The molecule has 1 rings (SSSR count). The summed E-state index contributed by atoms with van der Waals surface area (Å²) in [5, 5.41) is 0. The average molecular weight is 602 g/mol. The Hall–Kier alpha value is -0.860. The molecule has 2 heteroatoms. The molecule has 0 amide bonds. The standard InChI is InChI=1S/C41H78N.H2O/c1-7-9-11-13-15-17-19-21-22-24-26-28-30-34-38-42(5,6)41(4,40-36-32-31-35-39(40)3)37-33-29-27-25-23-20-18-16-14-12-10-8-2;/h31-32,35-36H,7-30,33-34,37-38H2,1-6H3;1H2/q+1;/p-1. The predicted molar refractivity (Wildman–Crippen MR) is 193 cm³/mol. The van der Waals surface area contributed by atoms with Crippen molar-refractivity contribution in [1.82, 2.24) is 0 Å². The van der Waals surface area contributed by atoms with Crippen LogP contribution < -0.4 is 0 Å². The Balaban J connectivity index is 0.0000176. The molecule has 254 valence electrons. The van der Waals surface area contributed by atoms with Gasteiger partial charge in [-0.15, -0.1) is 0 Å². The van der Waals surface area contributed by atoms with E-state index in [9.17, 15) is 0 Å². The number of aryl methyl sites for hydroxylation is 1. The molecule has 0 heterocycles. The lowest BCUT2D eigenvalue weighted by molar-refractivity contribution is -0.948. The van der Waals surface area contributed by atoms with E-state index in [1.54, 1.807) is 5.56 Å². The van der Waals surface area contributed by atoms with Crippen molar-refractivity contribution in [2.24, 2.45) is 0 Å². The highest BCUT2D eigenvalue weighted by atomic mass is 16.0. The Morgan fingerprint density at radius 3 is 1.19 bits per heavy atom. The Kier molecular flexibility index (Phi) is 26.9. The lowest BCUT2D eigenvalue weighted by Gasteiger charge is -2.48. The van der Waals surface area contributed by atoms with Gasteiger partial charge in [0.25, 0.3) is 0 Å². The molecular weight excluding hydrogens is 522 g/mol. The van der Waals surface area contributed by atoms with Crippen LogP contribution >= 0.6 is 0 Å².